The van der Waals surface area contributed by atoms with Crippen LogP contribution in [0.2, 0.25) is 10.0 Å². The number of nitrogens with zero attached hydrogens (tertiary/aromatic N) is 1. The van der Waals surface area contributed by atoms with Crippen molar-refractivity contribution >= 4 is 29.2 Å². The molecule has 4 nitrogen and oxygen atoms in total. The molecule has 0 spiro atoms. The van der Waals surface area contributed by atoms with Crippen LogP contribution in [0.3, 0.4) is 0 Å². The fourth-order valence-electron chi connectivity index (χ4n) is 1.97. The number of aromatic carboxylic acids is 1. The molecule has 19 heavy (non-hydrogen) atoms. The van der Waals surface area contributed by atoms with Crippen molar-refractivity contribution in [2.24, 2.45) is 0 Å². The van der Waals surface area contributed by atoms with Crippen molar-refractivity contribution in [2.75, 3.05) is 0 Å². The van der Waals surface area contributed by atoms with Gasteiger partial charge in [0.25, 0.3) is 0 Å². The maximum Gasteiger partial charge on any atom is 0.341 e. The normalized spacial score (nSPS) is 14.6. The van der Waals surface area contributed by atoms with Gasteiger partial charge < -0.3 is 9.63 Å². The minimum Gasteiger partial charge on any atom is -0.477 e. The van der Waals surface area contributed by atoms with Crippen LogP contribution < -0.4 is 0 Å². The number of benzene rings is 1. The number of hydrogen-bond acceptors (Lipinski definition) is 3. The van der Waals surface area contributed by atoms with Gasteiger partial charge in [-0.05, 0) is 25.0 Å². The highest BCUT2D eigenvalue weighted by molar-refractivity contribution is 6.42. The summed E-state index contributed by atoms with van der Waals surface area (Å²) in [6, 6.07) is 4.87. The third kappa shape index (κ3) is 2.22. The number of hydrogen-bond donors (Lipinski definition) is 1. The first-order chi connectivity index (χ1) is 9.08. The van der Waals surface area contributed by atoms with E-state index in [1.807, 2.05) is 0 Å². The Bertz CT molecular complexity index is 662. The SMILES string of the molecule is O=C(O)c1c(-c2ccc(Cl)c(Cl)c2)noc1C1CC1. The minimum atomic E-state index is -1.04. The summed E-state index contributed by atoms with van der Waals surface area (Å²) < 4.78 is 5.20. The van der Waals surface area contributed by atoms with Gasteiger partial charge in [-0.25, -0.2) is 4.79 Å². The van der Waals surface area contributed by atoms with Crippen LogP contribution in [0.25, 0.3) is 11.3 Å². The molecule has 98 valence electrons. The van der Waals surface area contributed by atoms with Gasteiger partial charge in [0.2, 0.25) is 0 Å². The maximum atomic E-state index is 11.4. The van der Waals surface area contributed by atoms with Crippen LogP contribution in [0.5, 0.6) is 0 Å². The summed E-state index contributed by atoms with van der Waals surface area (Å²) in [6.07, 6.45) is 1.88. The first-order valence-corrected chi connectivity index (χ1v) is 6.52. The molecule has 2 aromatic rings. The Morgan fingerprint density at radius 3 is 2.63 bits per heavy atom. The molecule has 0 unspecified atom stereocenters. The highest BCUT2D eigenvalue weighted by atomic mass is 35.5. The summed E-state index contributed by atoms with van der Waals surface area (Å²) in [4.78, 5) is 11.4. The smallest absolute Gasteiger partial charge is 0.341 e. The van der Waals surface area contributed by atoms with Crippen LogP contribution in [0.1, 0.15) is 34.9 Å². The molecule has 3 rings (SSSR count). The second-order valence-electron chi connectivity index (χ2n) is 4.48. The van der Waals surface area contributed by atoms with Crippen LogP contribution in [0.15, 0.2) is 22.7 Å². The van der Waals surface area contributed by atoms with Gasteiger partial charge in [-0.1, -0.05) is 34.4 Å². The number of rotatable bonds is 3. The molecule has 1 aromatic heterocycles. The van der Waals surface area contributed by atoms with E-state index in [-0.39, 0.29) is 11.5 Å². The lowest BCUT2D eigenvalue weighted by atomic mass is 10.0. The van der Waals surface area contributed by atoms with Crippen LogP contribution in [0, 0.1) is 0 Å². The summed E-state index contributed by atoms with van der Waals surface area (Å²) in [6.45, 7) is 0. The molecule has 6 heteroatoms. The van der Waals surface area contributed by atoms with Gasteiger partial charge in [0, 0.05) is 11.5 Å². The maximum absolute atomic E-state index is 11.4. The van der Waals surface area contributed by atoms with E-state index < -0.39 is 5.97 Å². The van der Waals surface area contributed by atoms with E-state index in [4.69, 9.17) is 27.7 Å². The van der Waals surface area contributed by atoms with Crippen LogP contribution >= 0.6 is 23.2 Å². The van der Waals surface area contributed by atoms with E-state index >= 15 is 0 Å². The van der Waals surface area contributed by atoms with Gasteiger partial charge in [-0.2, -0.15) is 0 Å². The average Bonchev–Trinajstić information content (AvgIpc) is 3.11. The quantitative estimate of drug-likeness (QED) is 0.921. The summed E-state index contributed by atoms with van der Waals surface area (Å²) in [5, 5.41) is 14.0. The van der Waals surface area contributed by atoms with E-state index in [0.717, 1.165) is 12.8 Å². The van der Waals surface area contributed by atoms with Gasteiger partial charge in [0.05, 0.1) is 10.0 Å². The van der Waals surface area contributed by atoms with Crippen molar-refractivity contribution in [1.29, 1.82) is 0 Å². The van der Waals surface area contributed by atoms with Gasteiger partial charge in [-0.15, -0.1) is 0 Å². The highest BCUT2D eigenvalue weighted by Crippen LogP contribution is 2.44. The average molecular weight is 298 g/mol. The van der Waals surface area contributed by atoms with Crippen molar-refractivity contribution < 1.29 is 14.4 Å². The number of carboxylic acid groups (broad SMARTS) is 1. The van der Waals surface area contributed by atoms with Crippen molar-refractivity contribution in [3.8, 4) is 11.3 Å². The Balaban J connectivity index is 2.13. The molecule has 1 aromatic carbocycles. The van der Waals surface area contributed by atoms with Crippen LogP contribution in [-0.2, 0) is 0 Å². The zero-order valence-electron chi connectivity index (χ0n) is 9.69. The van der Waals surface area contributed by atoms with Crippen molar-refractivity contribution in [2.45, 2.75) is 18.8 Å². The Kier molecular flexibility index (Phi) is 2.99. The molecule has 1 saturated carbocycles. The first kappa shape index (κ1) is 12.5. The highest BCUT2D eigenvalue weighted by Gasteiger charge is 2.35. The molecule has 1 N–H and O–H groups in total. The molecule has 0 amide bonds. The largest absolute Gasteiger partial charge is 0.477 e. The van der Waals surface area contributed by atoms with Gasteiger partial charge >= 0.3 is 5.97 Å². The predicted molar refractivity (Wildman–Crippen MR) is 70.9 cm³/mol. The number of aromatic nitrogens is 1. The van der Waals surface area contributed by atoms with Gasteiger partial charge in [0.1, 0.15) is 11.3 Å². The van der Waals surface area contributed by atoms with Crippen LogP contribution in [-0.4, -0.2) is 16.2 Å². The summed E-state index contributed by atoms with van der Waals surface area (Å²) in [5.41, 5.74) is 1.01. The zero-order chi connectivity index (χ0) is 13.6. The van der Waals surface area contributed by atoms with Crippen molar-refractivity contribution in [1.82, 2.24) is 5.16 Å². The molecule has 1 fully saturated rings. The molecule has 0 radical (unpaired) electrons. The van der Waals surface area contributed by atoms with Gasteiger partial charge in [0.15, 0.2) is 5.76 Å². The number of halogens is 2. The number of carboxylic acids is 1. The summed E-state index contributed by atoms with van der Waals surface area (Å²) in [7, 11) is 0. The Hall–Kier alpha value is -1.52. The van der Waals surface area contributed by atoms with E-state index in [9.17, 15) is 9.90 Å². The molecule has 0 bridgehead atoms. The first-order valence-electron chi connectivity index (χ1n) is 5.76. The molecular formula is C13H9Cl2NO3. The van der Waals surface area contributed by atoms with E-state index in [1.165, 1.54) is 0 Å². The monoisotopic (exact) mass is 297 g/mol. The van der Waals surface area contributed by atoms with Crippen molar-refractivity contribution in [3.05, 3.63) is 39.6 Å². The second-order valence-corrected chi connectivity index (χ2v) is 5.29. The van der Waals surface area contributed by atoms with E-state index in [1.54, 1.807) is 18.2 Å². The standard InChI is InChI=1S/C13H9Cl2NO3/c14-8-4-3-7(5-9(8)15)11-10(13(17)18)12(19-16-11)6-1-2-6/h3-6H,1-2H2,(H,17,18). The molecule has 0 saturated heterocycles. The summed E-state index contributed by atoms with van der Waals surface area (Å²) in [5.74, 6) is -0.409. The lowest BCUT2D eigenvalue weighted by Crippen LogP contribution is -2.00. The number of carbonyl (C=O) groups is 1. The van der Waals surface area contributed by atoms with Crippen molar-refractivity contribution in [3.63, 3.8) is 0 Å². The zero-order valence-corrected chi connectivity index (χ0v) is 11.2. The van der Waals surface area contributed by atoms with Crippen LogP contribution in [0.4, 0.5) is 0 Å². The second kappa shape index (κ2) is 4.54. The Morgan fingerprint density at radius 1 is 1.32 bits per heavy atom. The third-order valence-electron chi connectivity index (χ3n) is 3.07. The lowest BCUT2D eigenvalue weighted by molar-refractivity contribution is 0.0695. The molecule has 1 heterocycles. The molecular weight excluding hydrogens is 289 g/mol. The molecule has 0 atom stereocenters. The van der Waals surface area contributed by atoms with Gasteiger partial charge in [-0.3, -0.25) is 0 Å². The minimum absolute atomic E-state index is 0.126. The molecule has 1 aliphatic rings. The molecule has 1 aliphatic carbocycles. The topological polar surface area (TPSA) is 63.3 Å². The predicted octanol–water partition coefficient (Wildman–Crippen LogP) is 4.22. The summed E-state index contributed by atoms with van der Waals surface area (Å²) >= 11 is 11.8. The van der Waals surface area contributed by atoms with E-state index in [0.29, 0.717) is 27.1 Å². The lowest BCUT2D eigenvalue weighted by Gasteiger charge is -2.01. The third-order valence-corrected chi connectivity index (χ3v) is 3.81. The Morgan fingerprint density at radius 2 is 2.05 bits per heavy atom. The fraction of sp³-hybridized carbons (Fsp3) is 0.231. The Labute approximate surface area is 118 Å². The molecule has 0 aliphatic heterocycles. The fourth-order valence-corrected chi connectivity index (χ4v) is 2.27. The van der Waals surface area contributed by atoms with E-state index in [2.05, 4.69) is 5.16 Å².